The van der Waals surface area contributed by atoms with Crippen LogP contribution in [0.3, 0.4) is 0 Å². The Labute approximate surface area is 123 Å². The van der Waals surface area contributed by atoms with Gasteiger partial charge in [0, 0.05) is 6.42 Å². The van der Waals surface area contributed by atoms with Gasteiger partial charge in [0.15, 0.2) is 0 Å². The number of hydrogen-bond acceptors (Lipinski definition) is 2. The minimum Gasteiger partial charge on any atom is -0.466 e. The van der Waals surface area contributed by atoms with E-state index in [1.54, 1.807) is 0 Å². The summed E-state index contributed by atoms with van der Waals surface area (Å²) in [5, 5.41) is 0. The predicted octanol–water partition coefficient (Wildman–Crippen LogP) is 5.08. The molecule has 0 saturated carbocycles. The maximum absolute atomic E-state index is 11.6. The van der Waals surface area contributed by atoms with Gasteiger partial charge >= 0.3 is 5.97 Å². The highest BCUT2D eigenvalue weighted by molar-refractivity contribution is 5.69. The first-order valence-corrected chi connectivity index (χ1v) is 7.94. The Morgan fingerprint density at radius 2 is 1.80 bits per heavy atom. The van der Waals surface area contributed by atoms with Crippen molar-refractivity contribution in [3.05, 3.63) is 35.9 Å². The summed E-state index contributed by atoms with van der Waals surface area (Å²) in [6.07, 6.45) is 7.31. The molecule has 2 nitrogen and oxygen atoms in total. The third-order valence-corrected chi connectivity index (χ3v) is 3.67. The number of ether oxygens (including phenoxy) is 1. The molecule has 0 fully saturated rings. The van der Waals surface area contributed by atoms with Gasteiger partial charge in [-0.15, -0.1) is 0 Å². The van der Waals surface area contributed by atoms with E-state index in [1.165, 1.54) is 24.8 Å². The molecule has 0 spiro atoms. The SMILES string of the molecule is CCCCCCCC(=O)OCCC(C)c1ccccc1. The number of rotatable bonds is 10. The van der Waals surface area contributed by atoms with Gasteiger partial charge in [-0.3, -0.25) is 4.79 Å². The lowest BCUT2D eigenvalue weighted by Crippen LogP contribution is -2.08. The van der Waals surface area contributed by atoms with E-state index in [-0.39, 0.29) is 5.97 Å². The molecule has 0 heterocycles. The highest BCUT2D eigenvalue weighted by atomic mass is 16.5. The zero-order valence-corrected chi connectivity index (χ0v) is 12.9. The number of unbranched alkanes of at least 4 members (excludes halogenated alkanes) is 4. The van der Waals surface area contributed by atoms with Crippen molar-refractivity contribution >= 4 is 5.97 Å². The van der Waals surface area contributed by atoms with Crippen LogP contribution in [0.2, 0.25) is 0 Å². The molecule has 0 bridgehead atoms. The molecule has 0 saturated heterocycles. The molecule has 1 atom stereocenters. The van der Waals surface area contributed by atoms with Crippen LogP contribution in [0.15, 0.2) is 30.3 Å². The van der Waals surface area contributed by atoms with Gasteiger partial charge in [0.05, 0.1) is 6.61 Å². The van der Waals surface area contributed by atoms with Gasteiger partial charge in [-0.2, -0.15) is 0 Å². The Morgan fingerprint density at radius 3 is 2.50 bits per heavy atom. The van der Waals surface area contributed by atoms with Crippen molar-refractivity contribution in [2.45, 2.75) is 64.7 Å². The average molecular weight is 276 g/mol. The summed E-state index contributed by atoms with van der Waals surface area (Å²) in [5.41, 5.74) is 1.31. The second-order valence-corrected chi connectivity index (χ2v) is 5.49. The van der Waals surface area contributed by atoms with Crippen LogP contribution in [0.5, 0.6) is 0 Å². The van der Waals surface area contributed by atoms with Crippen molar-refractivity contribution in [1.82, 2.24) is 0 Å². The molecule has 0 aliphatic carbocycles. The highest BCUT2D eigenvalue weighted by Crippen LogP contribution is 2.18. The second kappa shape index (κ2) is 10.5. The fourth-order valence-electron chi connectivity index (χ4n) is 2.24. The van der Waals surface area contributed by atoms with Crippen molar-refractivity contribution < 1.29 is 9.53 Å². The quantitative estimate of drug-likeness (QED) is 0.440. The van der Waals surface area contributed by atoms with Crippen LogP contribution in [0.25, 0.3) is 0 Å². The fraction of sp³-hybridized carbons (Fsp3) is 0.611. The van der Waals surface area contributed by atoms with Gasteiger partial charge in [-0.25, -0.2) is 0 Å². The van der Waals surface area contributed by atoms with Crippen LogP contribution in [-0.4, -0.2) is 12.6 Å². The third-order valence-electron chi connectivity index (χ3n) is 3.67. The molecular formula is C18H28O2. The first kappa shape index (κ1) is 16.7. The Morgan fingerprint density at radius 1 is 1.10 bits per heavy atom. The highest BCUT2D eigenvalue weighted by Gasteiger charge is 2.07. The van der Waals surface area contributed by atoms with E-state index in [9.17, 15) is 4.79 Å². The predicted molar refractivity (Wildman–Crippen MR) is 83.8 cm³/mol. The van der Waals surface area contributed by atoms with Crippen LogP contribution in [0, 0.1) is 0 Å². The minimum absolute atomic E-state index is 0.0400. The van der Waals surface area contributed by atoms with E-state index in [2.05, 4.69) is 26.0 Å². The number of esters is 1. The average Bonchev–Trinajstić information content (AvgIpc) is 2.48. The first-order valence-electron chi connectivity index (χ1n) is 7.94. The Bertz CT molecular complexity index is 359. The second-order valence-electron chi connectivity index (χ2n) is 5.49. The molecule has 0 amide bonds. The van der Waals surface area contributed by atoms with Crippen LogP contribution in [0.4, 0.5) is 0 Å². The lowest BCUT2D eigenvalue weighted by molar-refractivity contribution is -0.143. The molecule has 0 aliphatic rings. The van der Waals surface area contributed by atoms with E-state index in [0.717, 1.165) is 19.3 Å². The number of benzene rings is 1. The fourth-order valence-corrected chi connectivity index (χ4v) is 2.24. The summed E-state index contributed by atoms with van der Waals surface area (Å²) >= 11 is 0. The van der Waals surface area contributed by atoms with E-state index in [4.69, 9.17) is 4.74 Å². The maximum atomic E-state index is 11.6. The van der Waals surface area contributed by atoms with Gasteiger partial charge in [-0.1, -0.05) is 69.9 Å². The molecule has 112 valence electrons. The minimum atomic E-state index is -0.0400. The van der Waals surface area contributed by atoms with Crippen LogP contribution in [-0.2, 0) is 9.53 Å². The molecule has 1 unspecified atom stereocenters. The normalized spacial score (nSPS) is 12.1. The largest absolute Gasteiger partial charge is 0.466 e. The standard InChI is InChI=1S/C18H28O2/c1-3-4-5-6-10-13-18(19)20-15-14-16(2)17-11-8-7-9-12-17/h7-9,11-12,16H,3-6,10,13-15H2,1-2H3. The molecule has 1 aromatic carbocycles. The summed E-state index contributed by atoms with van der Waals surface area (Å²) < 4.78 is 5.30. The van der Waals surface area contributed by atoms with Crippen molar-refractivity contribution in [3.8, 4) is 0 Å². The number of carbonyl (C=O) groups is 1. The lowest BCUT2D eigenvalue weighted by Gasteiger charge is -2.12. The summed E-state index contributed by atoms with van der Waals surface area (Å²) in [4.78, 5) is 11.6. The van der Waals surface area contributed by atoms with Gasteiger partial charge < -0.3 is 4.74 Å². The molecule has 0 aromatic heterocycles. The summed E-state index contributed by atoms with van der Waals surface area (Å²) in [6.45, 7) is 4.90. The van der Waals surface area contributed by atoms with Gasteiger partial charge in [0.2, 0.25) is 0 Å². The van der Waals surface area contributed by atoms with Gasteiger partial charge in [-0.05, 0) is 24.3 Å². The molecule has 0 radical (unpaired) electrons. The van der Waals surface area contributed by atoms with E-state index in [1.807, 2.05) is 18.2 Å². The number of hydrogen-bond donors (Lipinski definition) is 0. The zero-order chi connectivity index (χ0) is 14.6. The molecule has 20 heavy (non-hydrogen) atoms. The Hall–Kier alpha value is -1.31. The maximum Gasteiger partial charge on any atom is 0.305 e. The Kier molecular flexibility index (Phi) is 8.77. The topological polar surface area (TPSA) is 26.3 Å². The molecule has 0 aliphatic heterocycles. The van der Waals surface area contributed by atoms with Crippen molar-refractivity contribution in [2.75, 3.05) is 6.61 Å². The van der Waals surface area contributed by atoms with E-state index >= 15 is 0 Å². The van der Waals surface area contributed by atoms with Crippen LogP contribution in [0.1, 0.15) is 70.3 Å². The molecule has 2 heteroatoms. The summed E-state index contributed by atoms with van der Waals surface area (Å²) in [6, 6.07) is 10.4. The van der Waals surface area contributed by atoms with Crippen LogP contribution < -0.4 is 0 Å². The Balaban J connectivity index is 2.07. The van der Waals surface area contributed by atoms with E-state index < -0.39 is 0 Å². The van der Waals surface area contributed by atoms with Gasteiger partial charge in [0.25, 0.3) is 0 Å². The molecule has 1 aromatic rings. The first-order chi connectivity index (χ1) is 9.74. The summed E-state index contributed by atoms with van der Waals surface area (Å²) in [5.74, 6) is 0.398. The van der Waals surface area contributed by atoms with Crippen molar-refractivity contribution in [1.29, 1.82) is 0 Å². The van der Waals surface area contributed by atoms with Crippen molar-refractivity contribution in [3.63, 3.8) is 0 Å². The van der Waals surface area contributed by atoms with Crippen LogP contribution >= 0.6 is 0 Å². The smallest absolute Gasteiger partial charge is 0.305 e. The van der Waals surface area contributed by atoms with Gasteiger partial charge in [0.1, 0.15) is 0 Å². The molecular weight excluding hydrogens is 248 g/mol. The third kappa shape index (κ3) is 7.32. The zero-order valence-electron chi connectivity index (χ0n) is 12.9. The molecule has 1 rings (SSSR count). The van der Waals surface area contributed by atoms with Crippen molar-refractivity contribution in [2.24, 2.45) is 0 Å². The molecule has 0 N–H and O–H groups in total. The number of carbonyl (C=O) groups excluding carboxylic acids is 1. The monoisotopic (exact) mass is 276 g/mol. The lowest BCUT2D eigenvalue weighted by atomic mass is 9.98. The van der Waals surface area contributed by atoms with E-state index in [0.29, 0.717) is 18.9 Å². The summed E-state index contributed by atoms with van der Waals surface area (Å²) in [7, 11) is 0.